The zero-order chi connectivity index (χ0) is 10.4. The van der Waals surface area contributed by atoms with Gasteiger partial charge in [0.15, 0.2) is 0 Å². The Kier molecular flexibility index (Phi) is 6.28. The highest BCUT2D eigenvalue weighted by Crippen LogP contribution is 2.44. The van der Waals surface area contributed by atoms with E-state index in [2.05, 4.69) is 58.2 Å². The van der Waals surface area contributed by atoms with Crippen LogP contribution in [0.4, 0.5) is 0 Å². The second-order valence-electron chi connectivity index (χ2n) is 3.86. The van der Waals surface area contributed by atoms with E-state index in [1.165, 1.54) is 5.31 Å². The van der Waals surface area contributed by atoms with Crippen LogP contribution in [0.3, 0.4) is 0 Å². The van der Waals surface area contributed by atoms with Gasteiger partial charge in [0.05, 0.1) is 0 Å². The first-order valence-corrected chi connectivity index (χ1v) is 6.54. The SMILES string of the molecule is C=C(/C=C/CN(C)C)P(C)C(C)C. The lowest BCUT2D eigenvalue weighted by atomic mass is 10.4. The average molecular weight is 199 g/mol. The summed E-state index contributed by atoms with van der Waals surface area (Å²) in [5.74, 6) is 0. The van der Waals surface area contributed by atoms with E-state index in [4.69, 9.17) is 0 Å². The maximum atomic E-state index is 4.10. The summed E-state index contributed by atoms with van der Waals surface area (Å²) in [5, 5.41) is 1.30. The molecule has 0 aromatic heterocycles. The van der Waals surface area contributed by atoms with Gasteiger partial charge in [0, 0.05) is 6.54 Å². The van der Waals surface area contributed by atoms with E-state index in [0.29, 0.717) is 0 Å². The van der Waals surface area contributed by atoms with E-state index in [9.17, 15) is 0 Å². The number of rotatable bonds is 5. The summed E-state index contributed by atoms with van der Waals surface area (Å²) >= 11 is 0. The molecule has 0 saturated heterocycles. The van der Waals surface area contributed by atoms with Crippen molar-refractivity contribution < 1.29 is 0 Å². The van der Waals surface area contributed by atoms with Crippen molar-refractivity contribution in [1.82, 2.24) is 4.90 Å². The fraction of sp³-hybridized carbons (Fsp3) is 0.636. The molecule has 0 radical (unpaired) electrons. The standard InChI is InChI=1S/C11H22NP/c1-10(2)13(6)11(3)8-7-9-12(4)5/h7-8,10H,3,9H2,1-2,4-6H3/b8-7+. The molecule has 0 heterocycles. The molecule has 0 rings (SSSR count). The summed E-state index contributed by atoms with van der Waals surface area (Å²) in [6.45, 7) is 11.9. The summed E-state index contributed by atoms with van der Waals surface area (Å²) in [4.78, 5) is 2.15. The summed E-state index contributed by atoms with van der Waals surface area (Å²) in [6.07, 6.45) is 4.36. The van der Waals surface area contributed by atoms with Gasteiger partial charge in [-0.15, -0.1) is 0 Å². The van der Waals surface area contributed by atoms with Crippen LogP contribution in [0.15, 0.2) is 24.0 Å². The van der Waals surface area contributed by atoms with Crippen molar-refractivity contribution in [1.29, 1.82) is 0 Å². The van der Waals surface area contributed by atoms with Crippen LogP contribution in [0.1, 0.15) is 13.8 Å². The first-order valence-electron chi connectivity index (χ1n) is 4.68. The largest absolute Gasteiger partial charge is 0.306 e. The van der Waals surface area contributed by atoms with Gasteiger partial charge in [-0.2, -0.15) is 0 Å². The van der Waals surface area contributed by atoms with E-state index in [1.807, 2.05) is 0 Å². The predicted octanol–water partition coefficient (Wildman–Crippen LogP) is 3.14. The second kappa shape index (κ2) is 6.34. The molecule has 1 atom stereocenters. The average Bonchev–Trinajstić information content (AvgIpc) is 2.02. The molecule has 0 aliphatic rings. The first kappa shape index (κ1) is 12.9. The van der Waals surface area contributed by atoms with Gasteiger partial charge in [-0.3, -0.25) is 0 Å². The zero-order valence-corrected chi connectivity index (χ0v) is 10.4. The first-order chi connectivity index (χ1) is 5.95. The third-order valence-corrected chi connectivity index (χ3v) is 4.61. The smallest absolute Gasteiger partial charge is 0.0160 e. The molecule has 0 aromatic carbocycles. The molecule has 0 amide bonds. The van der Waals surface area contributed by atoms with Crippen molar-refractivity contribution in [3.8, 4) is 0 Å². The minimum absolute atomic E-state index is 0.0314. The fourth-order valence-electron chi connectivity index (χ4n) is 0.849. The number of likely N-dealkylation sites (N-methyl/N-ethyl adjacent to an activating group) is 1. The molecule has 0 bridgehead atoms. The molecule has 1 nitrogen and oxygen atoms in total. The maximum Gasteiger partial charge on any atom is 0.0160 e. The summed E-state index contributed by atoms with van der Waals surface area (Å²) < 4.78 is 0. The molecule has 0 fully saturated rings. The third kappa shape index (κ3) is 6.01. The quantitative estimate of drug-likeness (QED) is 0.485. The van der Waals surface area contributed by atoms with Crippen LogP contribution < -0.4 is 0 Å². The van der Waals surface area contributed by atoms with Crippen molar-refractivity contribution in [3.05, 3.63) is 24.0 Å². The van der Waals surface area contributed by atoms with Gasteiger partial charge in [0.1, 0.15) is 0 Å². The molecule has 0 spiro atoms. The van der Waals surface area contributed by atoms with E-state index < -0.39 is 0 Å². The van der Waals surface area contributed by atoms with Crippen molar-refractivity contribution >= 4 is 7.92 Å². The minimum Gasteiger partial charge on any atom is -0.306 e. The predicted molar refractivity (Wildman–Crippen MR) is 64.8 cm³/mol. The van der Waals surface area contributed by atoms with Crippen molar-refractivity contribution in [2.75, 3.05) is 27.3 Å². The van der Waals surface area contributed by atoms with Crippen LogP contribution in [-0.4, -0.2) is 37.9 Å². The molecule has 0 aromatic rings. The summed E-state index contributed by atoms with van der Waals surface area (Å²) in [6, 6.07) is 0. The Morgan fingerprint density at radius 1 is 1.46 bits per heavy atom. The summed E-state index contributed by atoms with van der Waals surface area (Å²) in [5.41, 5.74) is 0.742. The number of nitrogens with zero attached hydrogens (tertiary/aromatic N) is 1. The van der Waals surface area contributed by atoms with Crippen LogP contribution in [0.25, 0.3) is 0 Å². The van der Waals surface area contributed by atoms with Gasteiger partial charge >= 0.3 is 0 Å². The van der Waals surface area contributed by atoms with Crippen LogP contribution in [-0.2, 0) is 0 Å². The normalized spacial score (nSPS) is 14.4. The summed E-state index contributed by atoms with van der Waals surface area (Å²) in [7, 11) is 4.12. The Bertz CT molecular complexity index is 183. The monoisotopic (exact) mass is 199 g/mol. The fourth-order valence-corrected chi connectivity index (χ4v) is 1.85. The van der Waals surface area contributed by atoms with E-state index in [1.54, 1.807) is 0 Å². The van der Waals surface area contributed by atoms with Crippen molar-refractivity contribution in [2.24, 2.45) is 0 Å². The topological polar surface area (TPSA) is 3.24 Å². The molecule has 1 unspecified atom stereocenters. The third-order valence-electron chi connectivity index (χ3n) is 2.01. The van der Waals surface area contributed by atoms with Gasteiger partial charge in [-0.05, 0) is 31.7 Å². The van der Waals surface area contributed by atoms with Gasteiger partial charge in [-0.25, -0.2) is 0 Å². The Balaban J connectivity index is 3.93. The van der Waals surface area contributed by atoms with Gasteiger partial charge in [-0.1, -0.05) is 40.5 Å². The molecule has 0 saturated carbocycles. The molecule has 0 aliphatic heterocycles. The highest BCUT2D eigenvalue weighted by molar-refractivity contribution is 7.62. The molecular weight excluding hydrogens is 177 g/mol. The molecule has 76 valence electrons. The Morgan fingerprint density at radius 2 is 2.00 bits per heavy atom. The molecule has 2 heteroatoms. The van der Waals surface area contributed by atoms with Crippen molar-refractivity contribution in [3.63, 3.8) is 0 Å². The molecule has 0 N–H and O–H groups in total. The number of hydrogen-bond donors (Lipinski definition) is 0. The maximum absolute atomic E-state index is 4.10. The number of hydrogen-bond acceptors (Lipinski definition) is 1. The highest BCUT2D eigenvalue weighted by atomic mass is 31.1. The Labute approximate surface area is 84.3 Å². The second-order valence-corrected chi connectivity index (χ2v) is 6.69. The molecular formula is C11H22NP. The van der Waals surface area contributed by atoms with Crippen LogP contribution in [0.5, 0.6) is 0 Å². The zero-order valence-electron chi connectivity index (χ0n) is 9.54. The van der Waals surface area contributed by atoms with Gasteiger partial charge < -0.3 is 4.90 Å². The van der Waals surface area contributed by atoms with Crippen LogP contribution in [0, 0.1) is 0 Å². The van der Waals surface area contributed by atoms with Crippen LogP contribution in [0.2, 0.25) is 0 Å². The van der Waals surface area contributed by atoms with E-state index in [-0.39, 0.29) is 7.92 Å². The van der Waals surface area contributed by atoms with E-state index >= 15 is 0 Å². The van der Waals surface area contributed by atoms with Crippen molar-refractivity contribution in [2.45, 2.75) is 19.5 Å². The van der Waals surface area contributed by atoms with E-state index in [0.717, 1.165) is 12.2 Å². The molecule has 0 aliphatic carbocycles. The minimum atomic E-state index is -0.0314. The Morgan fingerprint density at radius 3 is 2.38 bits per heavy atom. The lowest BCUT2D eigenvalue weighted by molar-refractivity contribution is 0.456. The lowest BCUT2D eigenvalue weighted by Crippen LogP contribution is -2.10. The van der Waals surface area contributed by atoms with Gasteiger partial charge in [0.2, 0.25) is 0 Å². The highest BCUT2D eigenvalue weighted by Gasteiger charge is 2.06. The Hall–Kier alpha value is -0.130. The molecule has 13 heavy (non-hydrogen) atoms. The van der Waals surface area contributed by atoms with Crippen LogP contribution >= 0.6 is 7.92 Å². The van der Waals surface area contributed by atoms with Gasteiger partial charge in [0.25, 0.3) is 0 Å². The number of allylic oxidation sites excluding steroid dienone is 2. The lowest BCUT2D eigenvalue weighted by Gasteiger charge is -2.16.